The summed E-state index contributed by atoms with van der Waals surface area (Å²) in [5.41, 5.74) is 2.06. The number of carbonyl (C=O) groups excluding carboxylic acids is 1. The van der Waals surface area contributed by atoms with Gasteiger partial charge in [-0.2, -0.15) is 9.97 Å². The zero-order chi connectivity index (χ0) is 25.7. The Morgan fingerprint density at radius 3 is 2.42 bits per heavy atom. The molecular weight excluding hydrogens is 506 g/mol. The second-order valence-electron chi connectivity index (χ2n) is 8.09. The van der Waals surface area contributed by atoms with E-state index < -0.39 is 16.7 Å². The lowest BCUT2D eigenvalue weighted by molar-refractivity contribution is -0.118. The van der Waals surface area contributed by atoms with Crippen molar-refractivity contribution >= 4 is 57.1 Å². The van der Waals surface area contributed by atoms with Crippen LogP contribution < -0.4 is 15.5 Å². The number of aromatic nitrogens is 3. The third kappa shape index (κ3) is 6.46. The molecule has 0 atom stereocenters. The number of anilines is 4. The van der Waals surface area contributed by atoms with Crippen molar-refractivity contribution in [1.82, 2.24) is 19.9 Å². The van der Waals surface area contributed by atoms with E-state index in [-0.39, 0.29) is 16.6 Å². The highest BCUT2D eigenvalue weighted by Crippen LogP contribution is 2.27. The van der Waals surface area contributed by atoms with Crippen LogP contribution in [0.3, 0.4) is 0 Å². The Morgan fingerprint density at radius 2 is 1.81 bits per heavy atom. The Morgan fingerprint density at radius 1 is 1.11 bits per heavy atom. The summed E-state index contributed by atoms with van der Waals surface area (Å²) in [7, 11) is -2.48. The zero-order valence-electron chi connectivity index (χ0n) is 19.4. The fourth-order valence-corrected chi connectivity index (χ4v) is 4.96. The van der Waals surface area contributed by atoms with Gasteiger partial charge in [-0.3, -0.25) is 10.1 Å². The molecule has 0 bridgehead atoms. The second-order valence-corrected chi connectivity index (χ2v) is 10.1. The van der Waals surface area contributed by atoms with Crippen LogP contribution >= 0.6 is 11.3 Å². The summed E-state index contributed by atoms with van der Waals surface area (Å²) >= 11 is 1.00. The van der Waals surface area contributed by atoms with Gasteiger partial charge in [-0.05, 0) is 18.1 Å². The largest absolute Gasteiger partial charge is 0.477 e. The lowest BCUT2D eigenvalue weighted by atomic mass is 10.1. The van der Waals surface area contributed by atoms with E-state index in [1.54, 1.807) is 24.0 Å². The third-order valence-electron chi connectivity index (χ3n) is 5.52. The van der Waals surface area contributed by atoms with Gasteiger partial charge in [0.1, 0.15) is 27.2 Å². The van der Waals surface area contributed by atoms with Gasteiger partial charge in [-0.15, -0.1) is 0 Å². The predicted octanol–water partition coefficient (Wildman–Crippen LogP) is 1.69. The molecule has 1 aliphatic heterocycles. The van der Waals surface area contributed by atoms with Gasteiger partial charge in [0.25, 0.3) is 0 Å². The predicted molar refractivity (Wildman–Crippen MR) is 137 cm³/mol. The number of benzene rings is 1. The van der Waals surface area contributed by atoms with Crippen molar-refractivity contribution in [3.05, 3.63) is 52.0 Å². The van der Waals surface area contributed by atoms with E-state index in [0.29, 0.717) is 55.2 Å². The van der Waals surface area contributed by atoms with Gasteiger partial charge < -0.3 is 20.2 Å². The summed E-state index contributed by atoms with van der Waals surface area (Å²) < 4.78 is 21.9. The minimum absolute atomic E-state index is 0.00450. The van der Waals surface area contributed by atoms with Crippen LogP contribution in [-0.2, 0) is 27.8 Å². The summed E-state index contributed by atoms with van der Waals surface area (Å²) in [6.07, 6.45) is 0.836. The number of carboxylic acid groups (broad SMARTS) is 1. The van der Waals surface area contributed by atoms with Gasteiger partial charge in [0, 0.05) is 38.8 Å². The number of nitrogens with one attached hydrogen (secondary N) is 2. The smallest absolute Gasteiger partial charge is 0.347 e. The minimum atomic E-state index is -2.48. The third-order valence-corrected chi connectivity index (χ3v) is 7.20. The summed E-state index contributed by atoms with van der Waals surface area (Å²) in [5.74, 6) is 0.412. The Kier molecular flexibility index (Phi) is 7.95. The number of rotatable bonds is 10. The Balaban J connectivity index is 1.55. The molecule has 1 fully saturated rings. The number of carbonyl (C=O) groups is 2. The molecule has 1 saturated heterocycles. The Bertz CT molecular complexity index is 1310. The lowest BCUT2D eigenvalue weighted by Crippen LogP contribution is -2.46. The van der Waals surface area contributed by atoms with Crippen LogP contribution in [0.25, 0.3) is 0 Å². The van der Waals surface area contributed by atoms with Crippen LogP contribution in [0.15, 0.2) is 30.3 Å². The maximum Gasteiger partial charge on any atom is 0.347 e. The van der Waals surface area contributed by atoms with E-state index in [0.717, 1.165) is 28.9 Å². The van der Waals surface area contributed by atoms with Gasteiger partial charge in [-0.1, -0.05) is 35.6 Å². The van der Waals surface area contributed by atoms with Gasteiger partial charge >= 0.3 is 5.97 Å². The summed E-state index contributed by atoms with van der Waals surface area (Å²) in [6.45, 7) is 4.44. The summed E-state index contributed by atoms with van der Waals surface area (Å²) in [4.78, 5) is 39.7. The highest BCUT2D eigenvalue weighted by Gasteiger charge is 2.20. The van der Waals surface area contributed by atoms with Crippen molar-refractivity contribution in [3.63, 3.8) is 0 Å². The first-order valence-corrected chi connectivity index (χ1v) is 13.2. The first kappa shape index (κ1) is 25.3. The van der Waals surface area contributed by atoms with Gasteiger partial charge in [0.15, 0.2) is 5.13 Å². The van der Waals surface area contributed by atoms with Crippen molar-refractivity contribution in [2.75, 3.05) is 41.7 Å². The van der Waals surface area contributed by atoms with Gasteiger partial charge in [0.05, 0.1) is 11.4 Å². The molecule has 3 heterocycles. The minimum Gasteiger partial charge on any atom is -0.477 e. The SMILES string of the molecule is Cc1nc(Nc2nc(NCc3ccc(C[SH](=O)=O)cc3)cc(N3CCN(C=O)CC3)n2)sc1C(=O)O. The molecule has 4 rings (SSSR count). The molecule has 1 amide bonds. The molecule has 1 aliphatic rings. The fraction of sp³-hybridized carbons (Fsp3) is 0.318. The molecule has 12 nitrogen and oxygen atoms in total. The van der Waals surface area contributed by atoms with Crippen molar-refractivity contribution in [3.8, 4) is 0 Å². The van der Waals surface area contributed by atoms with Crippen molar-refractivity contribution in [2.24, 2.45) is 0 Å². The number of hydrogen-bond donors (Lipinski definition) is 4. The number of thiazole rings is 1. The maximum atomic E-state index is 11.4. The second kappa shape index (κ2) is 11.3. The van der Waals surface area contributed by atoms with E-state index in [1.807, 2.05) is 23.1 Å². The standard InChI is InChI=1S/C22H25N7O5S2/c1-14-19(20(31)32)35-22(24-14)27-21-25-17(10-18(26-21)29-8-6-28(13-30)7-9-29)23-11-15-2-4-16(5-3-15)12-36(33)34/h2-5,10,13,36H,6-9,11-12H2,1H3,(H,31,32)(H2,23,24,25,26,27). The number of piperazine rings is 1. The van der Waals surface area contributed by atoms with E-state index in [2.05, 4.69) is 25.6 Å². The maximum absolute atomic E-state index is 11.4. The number of thiol groups is 1. The molecule has 36 heavy (non-hydrogen) atoms. The topological polar surface area (TPSA) is 158 Å². The fourth-order valence-electron chi connectivity index (χ4n) is 3.65. The monoisotopic (exact) mass is 531 g/mol. The van der Waals surface area contributed by atoms with Gasteiger partial charge in [-0.25, -0.2) is 18.2 Å². The van der Waals surface area contributed by atoms with Crippen molar-refractivity contribution in [1.29, 1.82) is 0 Å². The molecule has 0 saturated carbocycles. The van der Waals surface area contributed by atoms with Gasteiger partial charge in [0.2, 0.25) is 12.4 Å². The van der Waals surface area contributed by atoms with Crippen molar-refractivity contribution in [2.45, 2.75) is 19.2 Å². The zero-order valence-corrected chi connectivity index (χ0v) is 21.1. The molecule has 190 valence electrons. The summed E-state index contributed by atoms with van der Waals surface area (Å²) in [6, 6.07) is 9.07. The summed E-state index contributed by atoms with van der Waals surface area (Å²) in [5, 5.41) is 16.0. The van der Waals surface area contributed by atoms with E-state index in [9.17, 15) is 23.1 Å². The number of carboxylic acids is 1. The average Bonchev–Trinajstić information content (AvgIpc) is 3.23. The molecule has 0 radical (unpaired) electrons. The highest BCUT2D eigenvalue weighted by molar-refractivity contribution is 7.71. The van der Waals surface area contributed by atoms with Crippen LogP contribution in [0.4, 0.5) is 22.7 Å². The molecule has 0 aliphatic carbocycles. The van der Waals surface area contributed by atoms with Crippen LogP contribution in [0.1, 0.15) is 26.5 Å². The van der Waals surface area contributed by atoms with Crippen LogP contribution in [0, 0.1) is 6.92 Å². The van der Waals surface area contributed by atoms with Crippen LogP contribution in [-0.4, -0.2) is 71.9 Å². The van der Waals surface area contributed by atoms with Crippen LogP contribution in [0.5, 0.6) is 0 Å². The lowest BCUT2D eigenvalue weighted by Gasteiger charge is -2.33. The molecule has 2 aromatic heterocycles. The number of aromatic carboxylic acids is 1. The first-order valence-electron chi connectivity index (χ1n) is 11.1. The normalized spacial score (nSPS) is 13.6. The molecule has 0 unspecified atom stereocenters. The number of amides is 1. The molecular formula is C22H25N7O5S2. The molecule has 3 aromatic rings. The molecule has 1 aromatic carbocycles. The molecule has 14 heteroatoms. The Hall–Kier alpha value is -3.78. The number of hydrogen-bond acceptors (Lipinski definition) is 11. The molecule has 3 N–H and O–H groups in total. The van der Waals surface area contributed by atoms with Crippen molar-refractivity contribution < 1.29 is 23.1 Å². The van der Waals surface area contributed by atoms with E-state index in [1.165, 1.54) is 0 Å². The molecule has 0 spiro atoms. The van der Waals surface area contributed by atoms with Crippen LogP contribution in [0.2, 0.25) is 0 Å². The average molecular weight is 532 g/mol. The van der Waals surface area contributed by atoms with E-state index >= 15 is 0 Å². The number of nitrogens with zero attached hydrogens (tertiary/aromatic N) is 5. The van der Waals surface area contributed by atoms with E-state index in [4.69, 9.17) is 0 Å². The number of aryl methyl sites for hydroxylation is 1. The Labute approximate surface area is 213 Å². The first-order chi connectivity index (χ1) is 17.3. The quantitative estimate of drug-likeness (QED) is 0.223. The highest BCUT2D eigenvalue weighted by atomic mass is 32.2.